The molecule has 1 heteroatoms. The Morgan fingerprint density at radius 2 is 0.811 bits per heavy atom. The van der Waals surface area contributed by atoms with Gasteiger partial charge in [-0.2, -0.15) is 0 Å². The van der Waals surface area contributed by atoms with Gasteiger partial charge >= 0.3 is 0 Å². The van der Waals surface area contributed by atoms with Gasteiger partial charge in [-0.15, -0.1) is 0 Å². The first kappa shape index (κ1) is 22.6. The molecule has 37 heavy (non-hydrogen) atoms. The highest BCUT2D eigenvalue weighted by Crippen LogP contribution is 2.54. The van der Waals surface area contributed by atoms with E-state index in [1.807, 2.05) is 0 Å². The fraction of sp³-hybridized carbons (Fsp3) is 0.167. The molecule has 180 valence electrons. The zero-order valence-electron chi connectivity index (χ0n) is 21.7. The summed E-state index contributed by atoms with van der Waals surface area (Å²) in [6.45, 7) is 9.37. The molecule has 0 saturated heterocycles. The highest BCUT2D eigenvalue weighted by Gasteiger charge is 2.39. The Balaban J connectivity index is 1.45. The van der Waals surface area contributed by atoms with Crippen molar-refractivity contribution in [1.29, 1.82) is 0 Å². The largest absolute Gasteiger partial charge is 0.0843 e. The van der Waals surface area contributed by atoms with E-state index in [0.717, 1.165) is 5.02 Å². The summed E-state index contributed by atoms with van der Waals surface area (Å²) in [5, 5.41) is 0.768. The lowest BCUT2D eigenvalue weighted by Gasteiger charge is -2.26. The van der Waals surface area contributed by atoms with Crippen molar-refractivity contribution in [3.63, 3.8) is 0 Å². The highest BCUT2D eigenvalue weighted by atomic mass is 35.5. The molecule has 2 aliphatic rings. The van der Waals surface area contributed by atoms with Gasteiger partial charge in [-0.3, -0.25) is 0 Å². The van der Waals surface area contributed by atoms with Crippen molar-refractivity contribution in [2.45, 2.75) is 38.5 Å². The maximum atomic E-state index is 6.87. The quantitative estimate of drug-likeness (QED) is 0.228. The first-order chi connectivity index (χ1) is 17.8. The Morgan fingerprint density at radius 3 is 1.27 bits per heavy atom. The van der Waals surface area contributed by atoms with Gasteiger partial charge < -0.3 is 0 Å². The topological polar surface area (TPSA) is 0 Å². The third-order valence-corrected chi connectivity index (χ3v) is 8.90. The standard InChI is InChI=1S/C36H29Cl/c1-35(2)31-17-7-5-11-27(31)29-15-9-13-25(33(29)35)22-19-23(21-24(37)20-22)26-14-10-16-30-28-12-6-8-18-32(28)36(3,4)34(26)30/h5-21H,1-4H3. The molecule has 0 aliphatic heterocycles. The van der Waals surface area contributed by atoms with Crippen molar-refractivity contribution in [2.24, 2.45) is 0 Å². The summed E-state index contributed by atoms with van der Waals surface area (Å²) in [7, 11) is 0. The van der Waals surface area contributed by atoms with Gasteiger partial charge in [0, 0.05) is 15.9 Å². The van der Waals surface area contributed by atoms with Gasteiger partial charge in [0.15, 0.2) is 0 Å². The molecule has 0 fully saturated rings. The molecule has 0 N–H and O–H groups in total. The monoisotopic (exact) mass is 496 g/mol. The molecule has 0 atom stereocenters. The third kappa shape index (κ3) is 3.09. The Kier molecular flexibility index (Phi) is 4.70. The van der Waals surface area contributed by atoms with Crippen molar-refractivity contribution in [3.05, 3.63) is 130 Å². The lowest BCUT2D eigenvalue weighted by molar-refractivity contribution is 0.662. The zero-order valence-corrected chi connectivity index (χ0v) is 22.4. The second-order valence-corrected chi connectivity index (χ2v) is 12.0. The van der Waals surface area contributed by atoms with Crippen molar-refractivity contribution >= 4 is 11.6 Å². The van der Waals surface area contributed by atoms with Crippen LogP contribution in [0.2, 0.25) is 5.02 Å². The van der Waals surface area contributed by atoms with E-state index < -0.39 is 0 Å². The van der Waals surface area contributed by atoms with Gasteiger partial charge in [-0.25, -0.2) is 0 Å². The summed E-state index contributed by atoms with van der Waals surface area (Å²) < 4.78 is 0. The van der Waals surface area contributed by atoms with Crippen molar-refractivity contribution in [1.82, 2.24) is 0 Å². The number of hydrogen-bond donors (Lipinski definition) is 0. The van der Waals surface area contributed by atoms with Crippen LogP contribution in [0.5, 0.6) is 0 Å². The smallest absolute Gasteiger partial charge is 0.0418 e. The van der Waals surface area contributed by atoms with E-state index in [9.17, 15) is 0 Å². The first-order valence-electron chi connectivity index (χ1n) is 13.1. The number of halogens is 1. The van der Waals surface area contributed by atoms with Crippen LogP contribution in [0, 0.1) is 0 Å². The number of rotatable bonds is 2. The minimum absolute atomic E-state index is 0.0807. The predicted molar refractivity (Wildman–Crippen MR) is 157 cm³/mol. The second-order valence-electron chi connectivity index (χ2n) is 11.5. The van der Waals surface area contributed by atoms with Crippen LogP contribution in [0.1, 0.15) is 49.9 Å². The molecule has 0 nitrogen and oxygen atoms in total. The van der Waals surface area contributed by atoms with E-state index in [-0.39, 0.29) is 10.8 Å². The van der Waals surface area contributed by atoms with E-state index in [1.54, 1.807) is 0 Å². The molecule has 0 amide bonds. The lowest BCUT2D eigenvalue weighted by atomic mass is 9.77. The lowest BCUT2D eigenvalue weighted by Crippen LogP contribution is -2.16. The van der Waals surface area contributed by atoms with E-state index in [0.29, 0.717) is 0 Å². The minimum Gasteiger partial charge on any atom is -0.0843 e. The summed E-state index contributed by atoms with van der Waals surface area (Å²) in [5.74, 6) is 0. The summed E-state index contributed by atoms with van der Waals surface area (Å²) in [5.41, 5.74) is 15.6. The molecule has 0 bridgehead atoms. The minimum atomic E-state index is -0.0807. The average Bonchev–Trinajstić information content (AvgIpc) is 3.29. The third-order valence-electron chi connectivity index (χ3n) is 8.68. The number of hydrogen-bond acceptors (Lipinski definition) is 0. The van der Waals surface area contributed by atoms with Crippen LogP contribution in [0.4, 0.5) is 0 Å². The van der Waals surface area contributed by atoms with E-state index in [1.165, 1.54) is 66.8 Å². The summed E-state index contributed by atoms with van der Waals surface area (Å²) in [4.78, 5) is 0. The van der Waals surface area contributed by atoms with Gasteiger partial charge in [0.25, 0.3) is 0 Å². The van der Waals surface area contributed by atoms with Crippen molar-refractivity contribution in [2.75, 3.05) is 0 Å². The number of benzene rings is 5. The molecule has 5 aromatic carbocycles. The molecule has 0 saturated carbocycles. The average molecular weight is 497 g/mol. The molecule has 0 spiro atoms. The summed E-state index contributed by atoms with van der Waals surface area (Å²) in [6, 6.07) is 37.7. The molecule has 0 aromatic heterocycles. The van der Waals surface area contributed by atoms with Crippen molar-refractivity contribution < 1.29 is 0 Å². The van der Waals surface area contributed by atoms with E-state index in [2.05, 4.69) is 131 Å². The van der Waals surface area contributed by atoms with Crippen LogP contribution < -0.4 is 0 Å². The number of fused-ring (bicyclic) bond motifs is 6. The molecule has 2 aliphatic carbocycles. The first-order valence-corrected chi connectivity index (χ1v) is 13.4. The van der Waals surface area contributed by atoms with Gasteiger partial charge in [0.2, 0.25) is 0 Å². The Morgan fingerprint density at radius 1 is 0.432 bits per heavy atom. The summed E-state index contributed by atoms with van der Waals surface area (Å²) in [6.07, 6.45) is 0. The van der Waals surface area contributed by atoms with Crippen LogP contribution in [0.3, 0.4) is 0 Å². The molecule has 5 aromatic rings. The second kappa shape index (κ2) is 7.70. The van der Waals surface area contributed by atoms with Crippen LogP contribution in [0.15, 0.2) is 103 Å². The normalized spacial score (nSPS) is 15.6. The van der Waals surface area contributed by atoms with Crippen molar-refractivity contribution in [3.8, 4) is 44.5 Å². The van der Waals surface area contributed by atoms with Gasteiger partial charge in [-0.1, -0.05) is 124 Å². The predicted octanol–water partition coefficient (Wildman–Crippen LogP) is 10.3. The molecule has 0 unspecified atom stereocenters. The molecular weight excluding hydrogens is 468 g/mol. The molecule has 0 radical (unpaired) electrons. The van der Waals surface area contributed by atoms with Crippen LogP contribution >= 0.6 is 11.6 Å². The zero-order chi connectivity index (χ0) is 25.5. The molecule has 7 rings (SSSR count). The Labute approximate surface area is 224 Å². The molecular formula is C36H29Cl. The fourth-order valence-corrected chi connectivity index (χ4v) is 7.31. The Hall–Kier alpha value is -3.61. The molecule has 0 heterocycles. The van der Waals surface area contributed by atoms with E-state index in [4.69, 9.17) is 11.6 Å². The van der Waals surface area contributed by atoms with Gasteiger partial charge in [-0.05, 0) is 85.0 Å². The fourth-order valence-electron chi connectivity index (χ4n) is 7.08. The van der Waals surface area contributed by atoms with Crippen LogP contribution in [-0.4, -0.2) is 0 Å². The van der Waals surface area contributed by atoms with Crippen LogP contribution in [0.25, 0.3) is 44.5 Å². The van der Waals surface area contributed by atoms with E-state index >= 15 is 0 Å². The van der Waals surface area contributed by atoms with Crippen LogP contribution in [-0.2, 0) is 10.8 Å². The maximum Gasteiger partial charge on any atom is 0.0418 e. The highest BCUT2D eigenvalue weighted by molar-refractivity contribution is 6.31. The Bertz CT molecular complexity index is 1610. The van der Waals surface area contributed by atoms with Gasteiger partial charge in [0.05, 0.1) is 0 Å². The van der Waals surface area contributed by atoms with Gasteiger partial charge in [0.1, 0.15) is 0 Å². The SMILES string of the molecule is CC1(C)c2ccccc2-c2cccc(-c3cc(Cl)cc(-c4cccc5c4C(C)(C)c4ccccc4-5)c3)c21. The maximum absolute atomic E-state index is 6.87. The summed E-state index contributed by atoms with van der Waals surface area (Å²) >= 11 is 6.87.